The number of thiazole rings is 1. The Hall–Kier alpha value is -1.67. The van der Waals surface area contributed by atoms with Gasteiger partial charge in [-0.3, -0.25) is 10.1 Å². The summed E-state index contributed by atoms with van der Waals surface area (Å²) < 4.78 is 16.4. The van der Waals surface area contributed by atoms with E-state index in [-0.39, 0.29) is 12.0 Å². The number of ether oxygens (including phenoxy) is 3. The maximum Gasteiger partial charge on any atom is 0.254 e. The summed E-state index contributed by atoms with van der Waals surface area (Å²) in [5.41, 5.74) is 1.60. The van der Waals surface area contributed by atoms with Crippen molar-refractivity contribution in [1.82, 2.24) is 4.98 Å². The molecule has 1 aliphatic rings. The van der Waals surface area contributed by atoms with Crippen molar-refractivity contribution in [3.05, 3.63) is 28.6 Å². The first-order chi connectivity index (χ1) is 13.1. The number of nitrogens with zero attached hydrogens (tertiary/aromatic N) is 1. The van der Waals surface area contributed by atoms with Crippen LogP contribution in [0.5, 0.6) is 5.75 Å². The van der Waals surface area contributed by atoms with Crippen LogP contribution in [0, 0.1) is 0 Å². The van der Waals surface area contributed by atoms with Crippen LogP contribution in [-0.2, 0) is 14.3 Å². The molecule has 0 radical (unpaired) electrons. The van der Waals surface area contributed by atoms with Crippen LogP contribution in [0.25, 0.3) is 11.3 Å². The number of rotatable bonds is 7. The third-order valence-electron chi connectivity index (χ3n) is 4.36. The Morgan fingerprint density at radius 1 is 1.48 bits per heavy atom. The molecular weight excluding hydrogens is 388 g/mol. The molecular formula is C19H23ClN2O4S. The molecule has 1 amide bonds. The molecule has 0 aliphatic carbocycles. The highest BCUT2D eigenvalue weighted by Gasteiger charge is 2.20. The fourth-order valence-corrected chi connectivity index (χ4v) is 3.74. The zero-order valence-corrected chi connectivity index (χ0v) is 16.9. The molecule has 2 heterocycles. The molecule has 0 saturated carbocycles. The van der Waals surface area contributed by atoms with Gasteiger partial charge in [0.05, 0.1) is 30.5 Å². The van der Waals surface area contributed by atoms with E-state index in [4.69, 9.17) is 25.8 Å². The van der Waals surface area contributed by atoms with Gasteiger partial charge >= 0.3 is 0 Å². The van der Waals surface area contributed by atoms with Crippen molar-refractivity contribution >= 4 is 34.0 Å². The lowest BCUT2D eigenvalue weighted by Gasteiger charge is -2.23. The van der Waals surface area contributed by atoms with Crippen LogP contribution in [0.1, 0.15) is 26.2 Å². The Labute approximate surface area is 167 Å². The number of hydrogen-bond donors (Lipinski definition) is 1. The summed E-state index contributed by atoms with van der Waals surface area (Å²) in [6.07, 6.45) is 2.73. The number of benzene rings is 1. The van der Waals surface area contributed by atoms with Crippen molar-refractivity contribution in [3.63, 3.8) is 0 Å². The lowest BCUT2D eigenvalue weighted by molar-refractivity contribution is -0.130. The summed E-state index contributed by atoms with van der Waals surface area (Å²) in [5.74, 6) is 0.386. The molecule has 1 fully saturated rings. The van der Waals surface area contributed by atoms with E-state index in [9.17, 15) is 4.79 Å². The third-order valence-corrected chi connectivity index (χ3v) is 5.41. The van der Waals surface area contributed by atoms with E-state index in [0.717, 1.165) is 37.1 Å². The third kappa shape index (κ3) is 5.42. The topological polar surface area (TPSA) is 69.7 Å². The zero-order chi connectivity index (χ0) is 19.2. The summed E-state index contributed by atoms with van der Waals surface area (Å²) in [6, 6.07) is 5.46. The average Bonchev–Trinajstić information content (AvgIpc) is 3.15. The fraction of sp³-hybridized carbons (Fsp3) is 0.474. The summed E-state index contributed by atoms with van der Waals surface area (Å²) in [7, 11) is 1.57. The van der Waals surface area contributed by atoms with Crippen LogP contribution in [0.2, 0.25) is 5.02 Å². The molecule has 0 bridgehead atoms. The summed E-state index contributed by atoms with van der Waals surface area (Å²) in [5, 5.41) is 5.71. The van der Waals surface area contributed by atoms with Gasteiger partial charge in [-0.1, -0.05) is 11.6 Å². The van der Waals surface area contributed by atoms with Gasteiger partial charge in [0.15, 0.2) is 5.13 Å². The Balaban J connectivity index is 1.54. The largest absolute Gasteiger partial charge is 0.495 e. The van der Waals surface area contributed by atoms with Gasteiger partial charge in [0.25, 0.3) is 5.91 Å². The van der Waals surface area contributed by atoms with E-state index in [0.29, 0.717) is 22.5 Å². The van der Waals surface area contributed by atoms with Crippen LogP contribution in [0.15, 0.2) is 23.6 Å². The molecule has 3 rings (SSSR count). The Kier molecular flexibility index (Phi) is 7.07. The highest BCUT2D eigenvalue weighted by Crippen LogP contribution is 2.31. The van der Waals surface area contributed by atoms with E-state index < -0.39 is 6.10 Å². The maximum atomic E-state index is 12.3. The predicted octanol–water partition coefficient (Wildman–Crippen LogP) is 4.38. The molecule has 6 nitrogen and oxygen atoms in total. The number of anilines is 1. The molecule has 1 aliphatic heterocycles. The number of aromatic nitrogens is 1. The first-order valence-electron chi connectivity index (χ1n) is 8.90. The second-order valence-electron chi connectivity index (χ2n) is 6.34. The van der Waals surface area contributed by atoms with Gasteiger partial charge in [0.1, 0.15) is 11.9 Å². The normalized spacial score (nSPS) is 18.1. The van der Waals surface area contributed by atoms with Crippen LogP contribution in [-0.4, -0.2) is 43.4 Å². The lowest BCUT2D eigenvalue weighted by atomic mass is 10.1. The molecule has 27 heavy (non-hydrogen) atoms. The molecule has 146 valence electrons. The lowest BCUT2D eigenvalue weighted by Crippen LogP contribution is -2.32. The van der Waals surface area contributed by atoms with Crippen LogP contribution in [0.4, 0.5) is 5.13 Å². The first-order valence-corrected chi connectivity index (χ1v) is 10.2. The minimum Gasteiger partial charge on any atom is -0.495 e. The molecule has 2 unspecified atom stereocenters. The second-order valence-corrected chi connectivity index (χ2v) is 7.61. The van der Waals surface area contributed by atoms with Crippen molar-refractivity contribution in [2.75, 3.05) is 25.6 Å². The SMILES string of the molecule is COc1ccc(-c2csc(NC(=O)C(C)OCC3CCCCO3)n2)cc1Cl. The molecule has 1 saturated heterocycles. The molecule has 1 aromatic heterocycles. The van der Waals surface area contributed by atoms with Crippen LogP contribution in [0.3, 0.4) is 0 Å². The molecule has 1 aromatic carbocycles. The number of amides is 1. The predicted molar refractivity (Wildman–Crippen MR) is 107 cm³/mol. The molecule has 8 heteroatoms. The highest BCUT2D eigenvalue weighted by atomic mass is 35.5. The number of methoxy groups -OCH3 is 1. The minimum absolute atomic E-state index is 0.0836. The Morgan fingerprint density at radius 2 is 2.33 bits per heavy atom. The van der Waals surface area contributed by atoms with Crippen LogP contribution >= 0.6 is 22.9 Å². The van der Waals surface area contributed by atoms with Gasteiger partial charge in [0.2, 0.25) is 0 Å². The molecule has 2 atom stereocenters. The number of carbonyl (C=O) groups excluding carboxylic acids is 1. The average molecular weight is 411 g/mol. The monoisotopic (exact) mass is 410 g/mol. The fourth-order valence-electron chi connectivity index (χ4n) is 2.76. The van der Waals surface area contributed by atoms with Crippen molar-refractivity contribution in [1.29, 1.82) is 0 Å². The number of nitrogens with one attached hydrogen (secondary N) is 1. The van der Waals surface area contributed by atoms with E-state index in [1.807, 2.05) is 11.4 Å². The van der Waals surface area contributed by atoms with E-state index in [1.165, 1.54) is 11.3 Å². The maximum absolute atomic E-state index is 12.3. The van der Waals surface area contributed by atoms with Gasteiger partial charge < -0.3 is 14.2 Å². The standard InChI is InChI=1S/C19H23ClN2O4S/c1-12(26-10-14-5-3-4-8-25-14)18(23)22-19-21-16(11-27-19)13-6-7-17(24-2)15(20)9-13/h6-7,9,11-12,14H,3-5,8,10H2,1-2H3,(H,21,22,23). The van der Waals surface area contributed by atoms with E-state index in [2.05, 4.69) is 10.3 Å². The first kappa shape index (κ1) is 20.1. The van der Waals surface area contributed by atoms with Gasteiger partial charge in [0, 0.05) is 17.6 Å². The van der Waals surface area contributed by atoms with Crippen LogP contribution < -0.4 is 10.1 Å². The number of carbonyl (C=O) groups is 1. The smallest absolute Gasteiger partial charge is 0.254 e. The van der Waals surface area contributed by atoms with E-state index in [1.54, 1.807) is 26.2 Å². The second kappa shape index (κ2) is 9.50. The zero-order valence-electron chi connectivity index (χ0n) is 15.4. The van der Waals surface area contributed by atoms with Gasteiger partial charge in [-0.2, -0.15) is 0 Å². The molecule has 1 N–H and O–H groups in total. The number of hydrogen-bond acceptors (Lipinski definition) is 6. The van der Waals surface area contributed by atoms with Crippen molar-refractivity contribution in [2.45, 2.75) is 38.4 Å². The van der Waals surface area contributed by atoms with Crippen molar-refractivity contribution in [3.8, 4) is 17.0 Å². The van der Waals surface area contributed by atoms with Crippen molar-refractivity contribution in [2.24, 2.45) is 0 Å². The number of halogens is 1. The quantitative estimate of drug-likeness (QED) is 0.733. The van der Waals surface area contributed by atoms with E-state index >= 15 is 0 Å². The summed E-state index contributed by atoms with van der Waals surface area (Å²) in [4.78, 5) is 16.8. The minimum atomic E-state index is -0.571. The Bertz CT molecular complexity index is 777. The van der Waals surface area contributed by atoms with Gasteiger partial charge in [-0.15, -0.1) is 11.3 Å². The summed E-state index contributed by atoms with van der Waals surface area (Å²) >= 11 is 7.52. The molecule has 2 aromatic rings. The highest BCUT2D eigenvalue weighted by molar-refractivity contribution is 7.14. The van der Waals surface area contributed by atoms with Gasteiger partial charge in [-0.05, 0) is 44.4 Å². The Morgan fingerprint density at radius 3 is 3.04 bits per heavy atom. The molecule has 0 spiro atoms. The van der Waals surface area contributed by atoms with Crippen molar-refractivity contribution < 1.29 is 19.0 Å². The van der Waals surface area contributed by atoms with Gasteiger partial charge in [-0.25, -0.2) is 4.98 Å². The summed E-state index contributed by atoms with van der Waals surface area (Å²) in [6.45, 7) is 2.93.